The predicted octanol–water partition coefficient (Wildman–Crippen LogP) is 3.81. The lowest BCUT2D eigenvalue weighted by Crippen LogP contribution is -2.44. The number of aromatic nitrogens is 1. The van der Waals surface area contributed by atoms with Crippen molar-refractivity contribution >= 4 is 39.0 Å². The molecule has 33 heavy (non-hydrogen) atoms. The Morgan fingerprint density at radius 1 is 1.06 bits per heavy atom. The van der Waals surface area contributed by atoms with Crippen LogP contribution >= 0.6 is 11.3 Å². The van der Waals surface area contributed by atoms with Gasteiger partial charge in [-0.15, -0.1) is 11.3 Å². The predicted molar refractivity (Wildman–Crippen MR) is 131 cm³/mol. The number of aliphatic carboxylic acids is 1. The number of thiazole rings is 1. The maximum Gasteiger partial charge on any atom is 0.304 e. The number of carboxylic acid groups (broad SMARTS) is 1. The summed E-state index contributed by atoms with van der Waals surface area (Å²) in [5.74, 6) is -0.869. The number of aryl methyl sites for hydroxylation is 1. The molecule has 2 aliphatic rings. The molecule has 172 valence electrons. The van der Waals surface area contributed by atoms with Gasteiger partial charge in [0.25, 0.3) is 0 Å². The minimum atomic E-state index is -0.910. The van der Waals surface area contributed by atoms with Crippen LogP contribution in [-0.2, 0) is 28.9 Å². The molecule has 1 aromatic heterocycles. The van der Waals surface area contributed by atoms with E-state index in [1.165, 1.54) is 5.69 Å². The van der Waals surface area contributed by atoms with E-state index >= 15 is 0 Å². The van der Waals surface area contributed by atoms with Crippen LogP contribution in [-0.4, -0.2) is 60.0 Å². The number of rotatable bonds is 7. The van der Waals surface area contributed by atoms with E-state index < -0.39 is 11.4 Å². The summed E-state index contributed by atoms with van der Waals surface area (Å²) in [5.41, 5.74) is 3.56. The molecule has 2 aromatic carbocycles. The molecule has 0 saturated carbocycles. The second kappa shape index (κ2) is 8.88. The molecule has 0 amide bonds. The van der Waals surface area contributed by atoms with Crippen LogP contribution in [0.4, 0.5) is 5.69 Å². The van der Waals surface area contributed by atoms with E-state index in [1.54, 1.807) is 11.3 Å². The van der Waals surface area contributed by atoms with Gasteiger partial charge in [-0.1, -0.05) is 24.3 Å². The normalized spacial score (nSPS) is 17.9. The van der Waals surface area contributed by atoms with Crippen LogP contribution in [0, 0.1) is 5.41 Å². The van der Waals surface area contributed by atoms with Crippen LogP contribution in [0.15, 0.2) is 42.5 Å². The van der Waals surface area contributed by atoms with Gasteiger partial charge in [-0.3, -0.25) is 9.59 Å². The number of benzene rings is 2. The van der Waals surface area contributed by atoms with Crippen molar-refractivity contribution in [3.8, 4) is 0 Å². The summed E-state index contributed by atoms with van der Waals surface area (Å²) in [6, 6.07) is 14.4. The van der Waals surface area contributed by atoms with Crippen LogP contribution in [0.2, 0.25) is 0 Å². The SMILES string of the molecule is CN1CCN(c2ccc3nc(CCC(=O)C4(CC(=O)O)Cc5ccccc5C4)sc3c2)CC1. The molecule has 6 nitrogen and oxygen atoms in total. The first-order valence-corrected chi connectivity index (χ1v) is 12.4. The minimum Gasteiger partial charge on any atom is -0.481 e. The maximum absolute atomic E-state index is 13.3. The average Bonchev–Trinajstić information content (AvgIpc) is 3.38. The highest BCUT2D eigenvalue weighted by molar-refractivity contribution is 7.18. The second-order valence-electron chi connectivity index (χ2n) is 9.45. The molecule has 5 rings (SSSR count). The Kier molecular flexibility index (Phi) is 5.93. The van der Waals surface area contributed by atoms with Crippen LogP contribution in [0.3, 0.4) is 0 Å². The number of fused-ring (bicyclic) bond motifs is 2. The van der Waals surface area contributed by atoms with Crippen molar-refractivity contribution in [2.24, 2.45) is 5.41 Å². The molecule has 0 bridgehead atoms. The van der Waals surface area contributed by atoms with Gasteiger partial charge in [-0.2, -0.15) is 0 Å². The Bertz CT molecular complexity index is 1170. The summed E-state index contributed by atoms with van der Waals surface area (Å²) < 4.78 is 1.14. The summed E-state index contributed by atoms with van der Waals surface area (Å²) in [5, 5.41) is 10.5. The van der Waals surface area contributed by atoms with E-state index in [1.807, 2.05) is 24.3 Å². The molecular weight excluding hydrogens is 434 g/mol. The number of piperazine rings is 1. The average molecular weight is 464 g/mol. The summed E-state index contributed by atoms with van der Waals surface area (Å²) >= 11 is 1.64. The quantitative estimate of drug-likeness (QED) is 0.574. The molecule has 0 atom stereocenters. The monoisotopic (exact) mass is 463 g/mol. The number of hydrogen-bond donors (Lipinski definition) is 1. The molecule has 1 aliphatic carbocycles. The Balaban J connectivity index is 1.29. The second-order valence-corrected chi connectivity index (χ2v) is 10.6. The summed E-state index contributed by atoms with van der Waals surface area (Å²) in [6.45, 7) is 4.18. The number of carboxylic acids is 1. The fraction of sp³-hybridized carbons (Fsp3) is 0.423. The highest BCUT2D eigenvalue weighted by atomic mass is 32.1. The summed E-state index contributed by atoms with van der Waals surface area (Å²) in [4.78, 5) is 34.5. The van der Waals surface area contributed by atoms with Gasteiger partial charge in [0.1, 0.15) is 5.78 Å². The molecule has 0 radical (unpaired) electrons. The molecule has 1 saturated heterocycles. The molecule has 1 aliphatic heterocycles. The molecular formula is C26H29N3O3S. The lowest BCUT2D eigenvalue weighted by Gasteiger charge is -2.34. The van der Waals surface area contributed by atoms with E-state index in [2.05, 4.69) is 35.0 Å². The number of likely N-dealkylation sites (N-methyl/N-ethyl adjacent to an activating group) is 1. The largest absolute Gasteiger partial charge is 0.481 e. The number of anilines is 1. The number of carbonyl (C=O) groups excluding carboxylic acids is 1. The van der Waals surface area contributed by atoms with Crippen molar-refractivity contribution in [1.29, 1.82) is 0 Å². The molecule has 0 unspecified atom stereocenters. The minimum absolute atomic E-state index is 0.0403. The van der Waals surface area contributed by atoms with Gasteiger partial charge >= 0.3 is 5.97 Å². The first kappa shape index (κ1) is 22.0. The zero-order valence-electron chi connectivity index (χ0n) is 18.9. The Morgan fingerprint density at radius 2 is 1.76 bits per heavy atom. The topological polar surface area (TPSA) is 73.7 Å². The van der Waals surface area contributed by atoms with Crippen molar-refractivity contribution in [2.75, 3.05) is 38.1 Å². The van der Waals surface area contributed by atoms with Gasteiger partial charge in [0, 0.05) is 50.1 Å². The first-order chi connectivity index (χ1) is 15.9. The van der Waals surface area contributed by atoms with Crippen LogP contribution in [0.5, 0.6) is 0 Å². The van der Waals surface area contributed by atoms with Gasteiger partial charge in [0.05, 0.1) is 21.6 Å². The number of Topliss-reactive ketones (excluding diaryl/α,β-unsaturated/α-hetero) is 1. The Morgan fingerprint density at radius 3 is 2.42 bits per heavy atom. The smallest absolute Gasteiger partial charge is 0.304 e. The summed E-state index contributed by atoms with van der Waals surface area (Å²) in [7, 11) is 2.15. The van der Waals surface area contributed by atoms with Crippen molar-refractivity contribution in [3.63, 3.8) is 0 Å². The fourth-order valence-corrected chi connectivity index (χ4v) is 6.22. The van der Waals surface area contributed by atoms with E-state index in [0.717, 1.165) is 52.5 Å². The fourth-order valence-electron chi connectivity index (χ4n) is 5.22. The van der Waals surface area contributed by atoms with Gasteiger partial charge < -0.3 is 14.9 Å². The van der Waals surface area contributed by atoms with E-state index in [9.17, 15) is 14.7 Å². The Labute approximate surface area is 197 Å². The third kappa shape index (κ3) is 4.52. The molecule has 0 spiro atoms. The maximum atomic E-state index is 13.3. The van der Waals surface area contributed by atoms with E-state index in [-0.39, 0.29) is 12.2 Å². The van der Waals surface area contributed by atoms with Gasteiger partial charge in [0.2, 0.25) is 0 Å². The van der Waals surface area contributed by atoms with Crippen molar-refractivity contribution in [2.45, 2.75) is 32.1 Å². The van der Waals surface area contributed by atoms with Gasteiger partial charge in [0.15, 0.2) is 0 Å². The van der Waals surface area contributed by atoms with Gasteiger partial charge in [-0.05, 0) is 49.2 Å². The Hall–Kier alpha value is -2.77. The number of nitrogens with zero attached hydrogens (tertiary/aromatic N) is 3. The van der Waals surface area contributed by atoms with Crippen molar-refractivity contribution < 1.29 is 14.7 Å². The highest BCUT2D eigenvalue weighted by Crippen LogP contribution is 2.41. The number of carbonyl (C=O) groups is 2. The third-order valence-corrected chi connectivity index (χ3v) is 8.19. The van der Waals surface area contributed by atoms with Crippen LogP contribution in [0.25, 0.3) is 10.2 Å². The third-order valence-electron chi connectivity index (χ3n) is 7.11. The standard InChI is InChI=1S/C26H29N3O3S/c1-28-10-12-29(13-11-28)20-6-7-21-22(14-20)33-24(27-21)9-8-23(30)26(17-25(31)32)15-18-4-2-3-5-19(18)16-26/h2-7,14H,8-13,15-17H2,1H3,(H,31,32). The van der Waals surface area contributed by atoms with E-state index in [4.69, 9.17) is 4.98 Å². The zero-order valence-corrected chi connectivity index (χ0v) is 19.7. The zero-order chi connectivity index (χ0) is 23.0. The first-order valence-electron chi connectivity index (χ1n) is 11.6. The van der Waals surface area contributed by atoms with Gasteiger partial charge in [-0.25, -0.2) is 4.98 Å². The molecule has 7 heteroatoms. The molecule has 1 N–H and O–H groups in total. The van der Waals surface area contributed by atoms with Crippen molar-refractivity contribution in [1.82, 2.24) is 9.88 Å². The van der Waals surface area contributed by atoms with E-state index in [0.29, 0.717) is 25.7 Å². The summed E-state index contributed by atoms with van der Waals surface area (Å²) in [6.07, 6.45) is 1.80. The molecule has 3 aromatic rings. The van der Waals surface area contributed by atoms with Crippen LogP contribution in [0.1, 0.15) is 29.0 Å². The number of hydrogen-bond acceptors (Lipinski definition) is 6. The van der Waals surface area contributed by atoms with Crippen molar-refractivity contribution in [3.05, 3.63) is 58.6 Å². The van der Waals surface area contributed by atoms with Crippen LogP contribution < -0.4 is 4.90 Å². The lowest BCUT2D eigenvalue weighted by atomic mass is 9.76. The highest BCUT2D eigenvalue weighted by Gasteiger charge is 2.44. The molecule has 1 fully saturated rings. The number of ketones is 1. The molecule has 2 heterocycles. The lowest BCUT2D eigenvalue weighted by molar-refractivity contribution is -0.144.